The molecule has 6 nitrogen and oxygen atoms in total. The third kappa shape index (κ3) is 3.75. The maximum Gasteiger partial charge on any atom is 0.328 e. The highest BCUT2D eigenvalue weighted by atomic mass is 16.5. The minimum absolute atomic E-state index is 0.165. The number of carbonyl (C=O) groups is 3. The van der Waals surface area contributed by atoms with E-state index in [1.165, 1.54) is 19.1 Å². The summed E-state index contributed by atoms with van der Waals surface area (Å²) in [5, 5.41) is 0. The molecule has 2 unspecified atom stereocenters. The maximum absolute atomic E-state index is 12.6. The lowest BCUT2D eigenvalue weighted by Gasteiger charge is -2.31. The van der Waals surface area contributed by atoms with Crippen molar-refractivity contribution >= 4 is 17.8 Å². The van der Waals surface area contributed by atoms with Gasteiger partial charge < -0.3 is 14.4 Å². The van der Waals surface area contributed by atoms with E-state index in [0.29, 0.717) is 13.0 Å². The van der Waals surface area contributed by atoms with E-state index in [0.717, 1.165) is 5.56 Å². The summed E-state index contributed by atoms with van der Waals surface area (Å²) in [6, 6.07) is 8.62. The van der Waals surface area contributed by atoms with Gasteiger partial charge in [-0.25, -0.2) is 4.79 Å². The molecule has 1 aliphatic heterocycles. The molecule has 0 N–H and O–H groups in total. The van der Waals surface area contributed by atoms with E-state index in [9.17, 15) is 14.4 Å². The van der Waals surface area contributed by atoms with Crippen molar-refractivity contribution in [1.82, 2.24) is 4.90 Å². The fraction of sp³-hybridized carbons (Fsp3) is 0.500. The van der Waals surface area contributed by atoms with Crippen LogP contribution in [0.4, 0.5) is 0 Å². The number of hydrogen-bond acceptors (Lipinski definition) is 5. The molecule has 1 amide bonds. The van der Waals surface area contributed by atoms with Crippen LogP contribution >= 0.6 is 0 Å². The Morgan fingerprint density at radius 2 is 1.88 bits per heavy atom. The van der Waals surface area contributed by atoms with Gasteiger partial charge in [-0.05, 0) is 25.3 Å². The summed E-state index contributed by atoms with van der Waals surface area (Å²) in [6.07, 6.45) is 0.716. The van der Waals surface area contributed by atoms with Crippen molar-refractivity contribution in [2.45, 2.75) is 38.8 Å². The van der Waals surface area contributed by atoms with E-state index in [4.69, 9.17) is 9.47 Å². The van der Waals surface area contributed by atoms with Gasteiger partial charge in [0.2, 0.25) is 5.91 Å². The Hall–Kier alpha value is -2.37. The third-order valence-electron chi connectivity index (χ3n) is 4.58. The minimum Gasteiger partial charge on any atom is -0.469 e. The highest BCUT2D eigenvalue weighted by Gasteiger charge is 2.45. The van der Waals surface area contributed by atoms with Gasteiger partial charge in [0.1, 0.15) is 6.04 Å². The van der Waals surface area contributed by atoms with Crippen LogP contribution in [0.3, 0.4) is 0 Å². The second kappa shape index (κ2) is 7.47. The minimum atomic E-state index is -0.894. The molecule has 1 aromatic carbocycles. The molecule has 0 spiro atoms. The first-order chi connectivity index (χ1) is 11.4. The number of ether oxygens (including phenoxy) is 2. The van der Waals surface area contributed by atoms with Crippen molar-refractivity contribution in [3.8, 4) is 0 Å². The van der Waals surface area contributed by atoms with Crippen LogP contribution in [0.5, 0.6) is 0 Å². The van der Waals surface area contributed by atoms with E-state index in [2.05, 4.69) is 0 Å². The Kier molecular flexibility index (Phi) is 5.59. The van der Waals surface area contributed by atoms with E-state index < -0.39 is 23.4 Å². The largest absolute Gasteiger partial charge is 0.469 e. The monoisotopic (exact) mass is 333 g/mol. The van der Waals surface area contributed by atoms with E-state index in [-0.39, 0.29) is 18.7 Å². The zero-order valence-electron chi connectivity index (χ0n) is 14.3. The van der Waals surface area contributed by atoms with Gasteiger partial charge in [0.25, 0.3) is 0 Å². The van der Waals surface area contributed by atoms with Gasteiger partial charge in [0.05, 0.1) is 19.6 Å². The average Bonchev–Trinajstić information content (AvgIpc) is 2.73. The maximum atomic E-state index is 12.6. The lowest BCUT2D eigenvalue weighted by atomic mass is 9.80. The Bertz CT molecular complexity index is 615. The van der Waals surface area contributed by atoms with Crippen LogP contribution < -0.4 is 0 Å². The number of likely N-dealkylation sites (tertiary alicyclic amines) is 1. The number of hydrogen-bond donors (Lipinski definition) is 0. The second-order valence-corrected chi connectivity index (χ2v) is 6.30. The first-order valence-electron chi connectivity index (χ1n) is 7.91. The number of benzene rings is 1. The first-order valence-corrected chi connectivity index (χ1v) is 7.91. The summed E-state index contributed by atoms with van der Waals surface area (Å²) >= 11 is 0. The second-order valence-electron chi connectivity index (χ2n) is 6.30. The molecule has 0 aliphatic carbocycles. The van der Waals surface area contributed by atoms with Crippen LogP contribution in [0.1, 0.15) is 31.7 Å². The van der Waals surface area contributed by atoms with Gasteiger partial charge in [-0.2, -0.15) is 0 Å². The Balaban J connectivity index is 2.34. The highest BCUT2D eigenvalue weighted by molar-refractivity contribution is 5.87. The molecule has 6 heteroatoms. The number of nitrogens with zero attached hydrogens (tertiary/aromatic N) is 1. The van der Waals surface area contributed by atoms with Gasteiger partial charge in [0.15, 0.2) is 0 Å². The fourth-order valence-corrected chi connectivity index (χ4v) is 3.10. The summed E-state index contributed by atoms with van der Waals surface area (Å²) in [7, 11) is 2.60. The predicted octanol–water partition coefficient (Wildman–Crippen LogP) is 1.92. The first kappa shape index (κ1) is 18.0. The number of esters is 2. The van der Waals surface area contributed by atoms with Crippen molar-refractivity contribution in [3.05, 3.63) is 35.9 Å². The lowest BCUT2D eigenvalue weighted by molar-refractivity contribution is -0.157. The topological polar surface area (TPSA) is 72.9 Å². The number of methoxy groups -OCH3 is 2. The quantitative estimate of drug-likeness (QED) is 0.787. The molecule has 0 radical (unpaired) electrons. The van der Waals surface area contributed by atoms with E-state index in [1.54, 1.807) is 6.92 Å². The van der Waals surface area contributed by atoms with Crippen LogP contribution in [0.25, 0.3) is 0 Å². The Morgan fingerprint density at radius 3 is 2.46 bits per heavy atom. The molecule has 0 bridgehead atoms. The lowest BCUT2D eigenvalue weighted by Crippen LogP contribution is -2.46. The molecule has 1 heterocycles. The molecule has 1 fully saturated rings. The molecule has 0 aromatic heterocycles. The number of carbonyl (C=O) groups excluding carboxylic acids is 3. The van der Waals surface area contributed by atoms with Gasteiger partial charge in [-0.15, -0.1) is 0 Å². The fourth-order valence-electron chi connectivity index (χ4n) is 3.10. The Morgan fingerprint density at radius 1 is 1.21 bits per heavy atom. The molecule has 1 aromatic rings. The number of rotatable bonds is 4. The predicted molar refractivity (Wildman–Crippen MR) is 86.8 cm³/mol. The summed E-state index contributed by atoms with van der Waals surface area (Å²) < 4.78 is 9.76. The molecule has 2 rings (SSSR count). The molecular formula is C18H23NO5. The van der Waals surface area contributed by atoms with Gasteiger partial charge in [0, 0.05) is 13.0 Å². The van der Waals surface area contributed by atoms with Crippen molar-refractivity contribution in [2.24, 2.45) is 5.41 Å². The zero-order chi connectivity index (χ0) is 17.7. The van der Waals surface area contributed by atoms with Crippen LogP contribution in [0.2, 0.25) is 0 Å². The number of amides is 1. The molecule has 1 saturated heterocycles. The van der Waals surface area contributed by atoms with E-state index >= 15 is 0 Å². The third-order valence-corrected chi connectivity index (χ3v) is 4.58. The molecular weight excluding hydrogens is 310 g/mol. The average molecular weight is 333 g/mol. The van der Waals surface area contributed by atoms with E-state index in [1.807, 2.05) is 30.3 Å². The SMILES string of the molecule is COC(=O)C1CC(C)(C(=O)OC)CCC(=O)N1Cc1ccccc1. The molecule has 130 valence electrons. The Labute approximate surface area is 141 Å². The summed E-state index contributed by atoms with van der Waals surface area (Å²) in [5.74, 6) is -1.09. The van der Waals surface area contributed by atoms with Crippen molar-refractivity contribution in [1.29, 1.82) is 0 Å². The van der Waals surface area contributed by atoms with Crippen LogP contribution in [0.15, 0.2) is 30.3 Å². The standard InChI is InChI=1S/C18H23NO5/c1-18(17(22)24-3)10-9-15(20)19(14(11-18)16(21)23-2)12-13-7-5-4-6-8-13/h4-8,14H,9-12H2,1-3H3. The smallest absolute Gasteiger partial charge is 0.328 e. The molecule has 1 aliphatic rings. The van der Waals surface area contributed by atoms with Crippen molar-refractivity contribution < 1.29 is 23.9 Å². The van der Waals surface area contributed by atoms with Crippen molar-refractivity contribution in [2.75, 3.05) is 14.2 Å². The van der Waals surface area contributed by atoms with Crippen LogP contribution in [0, 0.1) is 5.41 Å². The summed E-state index contributed by atoms with van der Waals surface area (Å²) in [5.41, 5.74) is 0.0238. The highest BCUT2D eigenvalue weighted by Crippen LogP contribution is 2.36. The van der Waals surface area contributed by atoms with Crippen LogP contribution in [-0.2, 0) is 30.4 Å². The zero-order valence-corrected chi connectivity index (χ0v) is 14.3. The summed E-state index contributed by atoms with van der Waals surface area (Å²) in [4.78, 5) is 38.6. The summed E-state index contributed by atoms with van der Waals surface area (Å²) in [6.45, 7) is 2.03. The van der Waals surface area contributed by atoms with Gasteiger partial charge in [-0.3, -0.25) is 9.59 Å². The molecule has 2 atom stereocenters. The normalized spacial score (nSPS) is 24.2. The molecule has 0 saturated carbocycles. The van der Waals surface area contributed by atoms with Crippen LogP contribution in [-0.4, -0.2) is 43.0 Å². The van der Waals surface area contributed by atoms with Crippen molar-refractivity contribution in [3.63, 3.8) is 0 Å². The van der Waals surface area contributed by atoms with Gasteiger partial charge >= 0.3 is 11.9 Å². The van der Waals surface area contributed by atoms with Gasteiger partial charge in [-0.1, -0.05) is 30.3 Å². The molecule has 24 heavy (non-hydrogen) atoms.